The van der Waals surface area contributed by atoms with E-state index in [1.807, 2.05) is 97.2 Å². The van der Waals surface area contributed by atoms with E-state index in [0.29, 0.717) is 19.3 Å². The van der Waals surface area contributed by atoms with Crippen molar-refractivity contribution in [2.75, 3.05) is 13.2 Å². The Balaban J connectivity index is 4.69. The predicted octanol–water partition coefficient (Wildman–Crippen LogP) is 16.2. The van der Waals surface area contributed by atoms with Crippen molar-refractivity contribution in [1.82, 2.24) is 0 Å². The number of esters is 3. The smallest absolute Gasteiger partial charge is 0.306 e. The highest BCUT2D eigenvalue weighted by Gasteiger charge is 2.19. The van der Waals surface area contributed by atoms with Gasteiger partial charge in [0.05, 0.1) is 0 Å². The van der Waals surface area contributed by atoms with Gasteiger partial charge in [0.2, 0.25) is 0 Å². The number of carbonyl (C=O) groups excluding carboxylic acids is 3. The molecule has 1 atom stereocenters. The summed E-state index contributed by atoms with van der Waals surface area (Å²) in [5.41, 5.74) is 0. The number of hydrogen-bond acceptors (Lipinski definition) is 6. The van der Waals surface area contributed by atoms with E-state index in [1.54, 1.807) is 0 Å². The molecule has 0 amide bonds. The number of hydrogen-bond donors (Lipinski definition) is 0. The Kier molecular flexibility index (Phi) is 46.8. The van der Waals surface area contributed by atoms with Crippen molar-refractivity contribution >= 4 is 17.9 Å². The molecule has 0 aromatic rings. The highest BCUT2D eigenvalue weighted by molar-refractivity contribution is 5.71. The maximum absolute atomic E-state index is 12.8. The molecular formula is C59H84O6. The van der Waals surface area contributed by atoms with Crippen LogP contribution in [0.25, 0.3) is 0 Å². The molecule has 6 heteroatoms. The van der Waals surface area contributed by atoms with Gasteiger partial charge in [0.1, 0.15) is 13.2 Å². The monoisotopic (exact) mass is 889 g/mol. The number of rotatable bonds is 40. The van der Waals surface area contributed by atoms with Gasteiger partial charge in [-0.3, -0.25) is 14.4 Å². The Hall–Kier alpha value is -5.49. The Morgan fingerprint density at radius 3 is 1.05 bits per heavy atom. The summed E-state index contributed by atoms with van der Waals surface area (Å²) in [6.07, 6.45) is 77.3. The Bertz CT molecular complexity index is 1630. The molecule has 356 valence electrons. The third kappa shape index (κ3) is 49.4. The lowest BCUT2D eigenvalue weighted by Gasteiger charge is -2.18. The van der Waals surface area contributed by atoms with Crippen LogP contribution in [0.3, 0.4) is 0 Å². The van der Waals surface area contributed by atoms with Crippen LogP contribution in [0.5, 0.6) is 0 Å². The summed E-state index contributed by atoms with van der Waals surface area (Å²) in [6.45, 7) is 6.07. The van der Waals surface area contributed by atoms with Crippen LogP contribution in [0.15, 0.2) is 182 Å². The Labute approximate surface area is 395 Å². The maximum Gasteiger partial charge on any atom is 0.306 e. The highest BCUT2D eigenvalue weighted by atomic mass is 16.6. The predicted molar refractivity (Wildman–Crippen MR) is 278 cm³/mol. The van der Waals surface area contributed by atoms with Crippen LogP contribution >= 0.6 is 0 Å². The van der Waals surface area contributed by atoms with Crippen LogP contribution in [0.2, 0.25) is 0 Å². The van der Waals surface area contributed by atoms with E-state index in [4.69, 9.17) is 14.2 Å². The second kappa shape index (κ2) is 51.1. The molecule has 0 aliphatic heterocycles. The summed E-state index contributed by atoms with van der Waals surface area (Å²) in [7, 11) is 0. The molecular weight excluding hydrogens is 805 g/mol. The van der Waals surface area contributed by atoms with Gasteiger partial charge in [-0.2, -0.15) is 0 Å². The van der Waals surface area contributed by atoms with E-state index < -0.39 is 12.1 Å². The van der Waals surface area contributed by atoms with Crippen LogP contribution in [0.1, 0.15) is 149 Å². The van der Waals surface area contributed by atoms with Crippen LogP contribution in [0, 0.1) is 0 Å². The lowest BCUT2D eigenvalue weighted by atomic mass is 10.1. The number of unbranched alkanes of at least 4 members (excludes halogenated alkanes) is 7. The lowest BCUT2D eigenvalue weighted by molar-refractivity contribution is -0.167. The van der Waals surface area contributed by atoms with Crippen molar-refractivity contribution in [1.29, 1.82) is 0 Å². The zero-order valence-corrected chi connectivity index (χ0v) is 40.4. The van der Waals surface area contributed by atoms with Gasteiger partial charge in [-0.25, -0.2) is 0 Å². The van der Waals surface area contributed by atoms with Crippen LogP contribution in [-0.2, 0) is 28.6 Å². The largest absolute Gasteiger partial charge is 0.462 e. The number of carbonyl (C=O) groups is 3. The van der Waals surface area contributed by atoms with Gasteiger partial charge < -0.3 is 14.2 Å². The normalized spacial score (nSPS) is 13.7. The second-order valence-corrected chi connectivity index (χ2v) is 15.1. The van der Waals surface area contributed by atoms with E-state index in [-0.39, 0.29) is 44.4 Å². The van der Waals surface area contributed by atoms with E-state index in [0.717, 1.165) is 89.9 Å². The SMILES string of the molecule is CC\C=C/C=C\C=C/C=C\C=C\C=C/CCCCCC(=O)OCC(COC(=O)CCCCC\C=C/C=C\C=C/C=C\CC)OC(=O)CCC/C=C\C/C=C\C/C=C\C/C=C\C/C=C\CC. The third-order valence-electron chi connectivity index (χ3n) is 9.14. The third-order valence-corrected chi connectivity index (χ3v) is 9.14. The number of ether oxygens (including phenoxy) is 3. The van der Waals surface area contributed by atoms with E-state index in [9.17, 15) is 14.4 Å². The molecule has 0 fully saturated rings. The fourth-order valence-electron chi connectivity index (χ4n) is 5.58. The van der Waals surface area contributed by atoms with E-state index in [1.165, 1.54) is 0 Å². The maximum atomic E-state index is 12.8. The van der Waals surface area contributed by atoms with Gasteiger partial charge in [-0.1, -0.05) is 216 Å². The van der Waals surface area contributed by atoms with E-state index in [2.05, 4.69) is 106 Å². The molecule has 0 rings (SSSR count). The van der Waals surface area contributed by atoms with Gasteiger partial charge in [0.25, 0.3) is 0 Å². The molecule has 0 aliphatic rings. The van der Waals surface area contributed by atoms with Gasteiger partial charge in [0.15, 0.2) is 6.10 Å². The molecule has 65 heavy (non-hydrogen) atoms. The Morgan fingerprint density at radius 2 is 0.646 bits per heavy atom. The van der Waals surface area contributed by atoms with Crippen LogP contribution < -0.4 is 0 Å². The van der Waals surface area contributed by atoms with Crippen molar-refractivity contribution in [2.24, 2.45) is 0 Å². The molecule has 0 aliphatic carbocycles. The van der Waals surface area contributed by atoms with Crippen LogP contribution in [0.4, 0.5) is 0 Å². The summed E-state index contributed by atoms with van der Waals surface area (Å²) in [4.78, 5) is 37.9. The standard InChI is InChI=1S/C59H84O6/c1-4-7-10-13-16-19-22-25-27-29-31-34-37-40-43-46-49-52-58(61)64-55-56(54-63-57(60)51-48-45-42-39-36-33-24-21-18-15-12-9-6-3)65-59(62)53-50-47-44-41-38-35-32-30-28-26-23-20-17-14-11-8-5-2/h7-13,15-22,24-29,31-37,41,44,56H,4-6,14,23,30,38-40,42-43,45-55H2,1-3H3/b10-7-,11-8-,12-9-,16-13-,18-15-,20-17-,22-19-,24-21-,27-25-,28-26-,31-29+,35-32-,36-33-,37-34-,44-41-. The first-order chi connectivity index (χ1) is 32.0. The minimum atomic E-state index is -0.853. The van der Waals surface area contributed by atoms with E-state index >= 15 is 0 Å². The fourth-order valence-corrected chi connectivity index (χ4v) is 5.58. The lowest BCUT2D eigenvalue weighted by Crippen LogP contribution is -2.30. The van der Waals surface area contributed by atoms with Gasteiger partial charge >= 0.3 is 17.9 Å². The molecule has 0 bridgehead atoms. The molecule has 0 spiro atoms. The van der Waals surface area contributed by atoms with Gasteiger partial charge in [-0.15, -0.1) is 0 Å². The van der Waals surface area contributed by atoms with Crippen molar-refractivity contribution in [3.8, 4) is 0 Å². The summed E-state index contributed by atoms with van der Waals surface area (Å²) in [6, 6.07) is 0. The molecule has 6 nitrogen and oxygen atoms in total. The highest BCUT2D eigenvalue weighted by Crippen LogP contribution is 2.10. The van der Waals surface area contributed by atoms with Crippen molar-refractivity contribution < 1.29 is 28.6 Å². The first-order valence-electron chi connectivity index (χ1n) is 24.4. The fraction of sp³-hybridized carbons (Fsp3) is 0.441. The topological polar surface area (TPSA) is 78.9 Å². The molecule has 0 saturated carbocycles. The van der Waals surface area contributed by atoms with Gasteiger partial charge in [0, 0.05) is 19.3 Å². The average molecular weight is 889 g/mol. The minimum Gasteiger partial charge on any atom is -0.462 e. The van der Waals surface area contributed by atoms with Gasteiger partial charge in [-0.05, 0) is 96.3 Å². The summed E-state index contributed by atoms with van der Waals surface area (Å²) in [5.74, 6) is -1.11. The minimum absolute atomic E-state index is 0.147. The summed E-state index contributed by atoms with van der Waals surface area (Å²) < 4.78 is 16.6. The average Bonchev–Trinajstić information content (AvgIpc) is 3.30. The quantitative estimate of drug-likeness (QED) is 0.0200. The zero-order chi connectivity index (χ0) is 47.2. The molecule has 1 unspecified atom stereocenters. The van der Waals surface area contributed by atoms with Crippen molar-refractivity contribution in [2.45, 2.75) is 155 Å². The first-order valence-corrected chi connectivity index (χ1v) is 24.4. The molecule has 0 saturated heterocycles. The molecule has 0 heterocycles. The molecule has 0 radical (unpaired) electrons. The van der Waals surface area contributed by atoms with Crippen molar-refractivity contribution in [3.05, 3.63) is 182 Å². The molecule has 0 N–H and O–H groups in total. The summed E-state index contributed by atoms with van der Waals surface area (Å²) in [5, 5.41) is 0. The summed E-state index contributed by atoms with van der Waals surface area (Å²) >= 11 is 0. The first kappa shape index (κ1) is 59.5. The Morgan fingerprint density at radius 1 is 0.323 bits per heavy atom. The molecule has 0 aromatic carbocycles. The molecule has 0 aromatic heterocycles. The van der Waals surface area contributed by atoms with Crippen LogP contribution in [-0.4, -0.2) is 37.2 Å². The number of allylic oxidation sites excluding steroid dienone is 30. The second-order valence-electron chi connectivity index (χ2n) is 15.1. The van der Waals surface area contributed by atoms with Crippen molar-refractivity contribution in [3.63, 3.8) is 0 Å². The zero-order valence-electron chi connectivity index (χ0n) is 40.4.